The molecule has 0 spiro atoms. The number of carbonyl (C=O) groups excluding carboxylic acids is 1. The van der Waals surface area contributed by atoms with E-state index in [-0.39, 0.29) is 12.1 Å². The van der Waals surface area contributed by atoms with Gasteiger partial charge in [-0.25, -0.2) is 4.98 Å². The third-order valence-electron chi connectivity index (χ3n) is 2.76. The lowest BCUT2D eigenvalue weighted by Gasteiger charge is -2.12. The summed E-state index contributed by atoms with van der Waals surface area (Å²) in [4.78, 5) is 15.5. The lowest BCUT2D eigenvalue weighted by molar-refractivity contribution is -0.145. The third-order valence-corrected chi connectivity index (χ3v) is 3.22. The van der Waals surface area contributed by atoms with Crippen LogP contribution in [0.2, 0.25) is 0 Å². The fourth-order valence-corrected chi connectivity index (χ4v) is 2.49. The average molecular weight is 308 g/mol. The van der Waals surface area contributed by atoms with Gasteiger partial charge in [0.15, 0.2) is 0 Å². The number of aromatic nitrogens is 1. The van der Waals surface area contributed by atoms with Crippen LogP contribution in [0, 0.1) is 6.92 Å². The van der Waals surface area contributed by atoms with Gasteiger partial charge in [0.25, 0.3) is 0 Å². The Morgan fingerprint density at radius 1 is 1.39 bits per heavy atom. The molecule has 1 atom stereocenters. The van der Waals surface area contributed by atoms with Crippen LogP contribution in [0.5, 0.6) is 0 Å². The summed E-state index contributed by atoms with van der Waals surface area (Å²) in [7, 11) is 0. The molecule has 1 aromatic carbocycles. The molecule has 3 nitrogen and oxygen atoms in total. The Morgan fingerprint density at radius 3 is 2.78 bits per heavy atom. The number of hydrogen-bond donors (Lipinski definition) is 0. The first-order valence-electron chi connectivity index (χ1n) is 5.71. The van der Waals surface area contributed by atoms with Gasteiger partial charge in [0, 0.05) is 16.8 Å². The van der Waals surface area contributed by atoms with E-state index in [4.69, 9.17) is 4.74 Å². The number of nitrogens with zero attached hydrogens (tertiary/aromatic N) is 1. The Morgan fingerprint density at radius 2 is 2.11 bits per heavy atom. The predicted molar refractivity (Wildman–Crippen MR) is 74.4 cm³/mol. The Bertz CT molecular complexity index is 610. The Hall–Kier alpha value is -1.42. The van der Waals surface area contributed by atoms with Crippen molar-refractivity contribution in [3.8, 4) is 0 Å². The molecule has 0 unspecified atom stereocenters. The number of halogens is 1. The molecule has 1 aromatic heterocycles. The zero-order valence-corrected chi connectivity index (χ0v) is 12.1. The topological polar surface area (TPSA) is 39.2 Å². The highest BCUT2D eigenvalue weighted by atomic mass is 79.9. The molecule has 0 radical (unpaired) electrons. The molecule has 0 aliphatic heterocycles. The number of benzene rings is 1. The molecule has 2 rings (SSSR count). The summed E-state index contributed by atoms with van der Waals surface area (Å²) in [5.74, 6) is -0.296. The van der Waals surface area contributed by atoms with E-state index < -0.39 is 0 Å². The highest BCUT2D eigenvalue weighted by Gasteiger charge is 2.11. The Labute approximate surface area is 114 Å². The van der Waals surface area contributed by atoms with Crippen LogP contribution in [-0.2, 0) is 9.53 Å². The van der Waals surface area contributed by atoms with Crippen LogP contribution in [0.3, 0.4) is 0 Å². The smallest absolute Gasteiger partial charge is 0.303 e. The summed E-state index contributed by atoms with van der Waals surface area (Å²) in [5.41, 5.74) is 2.83. The van der Waals surface area contributed by atoms with E-state index >= 15 is 0 Å². The quantitative estimate of drug-likeness (QED) is 0.789. The second-order valence-electron chi connectivity index (χ2n) is 4.28. The maximum atomic E-state index is 10.9. The summed E-state index contributed by atoms with van der Waals surface area (Å²) >= 11 is 3.46. The number of ether oxygens (including phenoxy) is 1. The number of fused-ring (bicyclic) bond motifs is 1. The number of rotatable bonds is 2. The fourth-order valence-electron chi connectivity index (χ4n) is 1.93. The van der Waals surface area contributed by atoms with E-state index in [2.05, 4.69) is 27.0 Å². The van der Waals surface area contributed by atoms with Gasteiger partial charge in [-0.3, -0.25) is 4.79 Å². The predicted octanol–water partition coefficient (Wildman–Crippen LogP) is 3.93. The Kier molecular flexibility index (Phi) is 3.66. The van der Waals surface area contributed by atoms with Gasteiger partial charge in [0.1, 0.15) is 6.10 Å². The normalized spacial score (nSPS) is 12.4. The van der Waals surface area contributed by atoms with Gasteiger partial charge >= 0.3 is 5.97 Å². The maximum Gasteiger partial charge on any atom is 0.303 e. The molecule has 94 valence electrons. The highest BCUT2D eigenvalue weighted by molar-refractivity contribution is 9.10. The summed E-state index contributed by atoms with van der Waals surface area (Å²) in [6.45, 7) is 5.27. The SMILES string of the molecule is CC(=O)O[C@H](C)c1ccc2c(C)cc(Br)cc2n1. The Balaban J connectivity index is 2.46. The van der Waals surface area contributed by atoms with Crippen LogP contribution >= 0.6 is 15.9 Å². The van der Waals surface area contributed by atoms with Gasteiger partial charge in [-0.15, -0.1) is 0 Å². The second kappa shape index (κ2) is 5.06. The number of hydrogen-bond acceptors (Lipinski definition) is 3. The molecule has 0 bridgehead atoms. The summed E-state index contributed by atoms with van der Waals surface area (Å²) in [5, 5.41) is 1.11. The van der Waals surface area contributed by atoms with Crippen molar-refractivity contribution < 1.29 is 9.53 Å². The molecule has 0 fully saturated rings. The molecule has 0 saturated carbocycles. The maximum absolute atomic E-state index is 10.9. The largest absolute Gasteiger partial charge is 0.456 e. The standard InChI is InChI=1S/C14H14BrNO2/c1-8-6-11(15)7-14-12(8)4-5-13(16-14)9(2)18-10(3)17/h4-7,9H,1-3H3/t9-/m1/s1. The van der Waals surface area contributed by atoms with Crippen molar-refractivity contribution in [1.82, 2.24) is 4.98 Å². The molecule has 2 aromatic rings. The van der Waals surface area contributed by atoms with Crippen LogP contribution in [0.15, 0.2) is 28.7 Å². The molecule has 0 N–H and O–H groups in total. The monoisotopic (exact) mass is 307 g/mol. The van der Waals surface area contributed by atoms with Gasteiger partial charge in [-0.1, -0.05) is 22.0 Å². The van der Waals surface area contributed by atoms with Crippen LogP contribution < -0.4 is 0 Å². The molecule has 18 heavy (non-hydrogen) atoms. The molecule has 0 aliphatic rings. The van der Waals surface area contributed by atoms with Crippen LogP contribution in [0.1, 0.15) is 31.2 Å². The molecule has 0 amide bonds. The van der Waals surface area contributed by atoms with Gasteiger partial charge < -0.3 is 4.74 Å². The summed E-state index contributed by atoms with van der Waals surface area (Å²) in [6, 6.07) is 7.93. The van der Waals surface area contributed by atoms with Gasteiger partial charge in [0.2, 0.25) is 0 Å². The van der Waals surface area contributed by atoms with Gasteiger partial charge in [-0.2, -0.15) is 0 Å². The van der Waals surface area contributed by atoms with E-state index in [0.29, 0.717) is 0 Å². The summed E-state index contributed by atoms with van der Waals surface area (Å²) in [6.07, 6.45) is -0.328. The lowest BCUT2D eigenvalue weighted by Crippen LogP contribution is -2.06. The van der Waals surface area contributed by atoms with Gasteiger partial charge in [-0.05, 0) is 37.6 Å². The summed E-state index contributed by atoms with van der Waals surface area (Å²) < 4.78 is 6.13. The lowest BCUT2D eigenvalue weighted by atomic mass is 10.1. The fraction of sp³-hybridized carbons (Fsp3) is 0.286. The van der Waals surface area contributed by atoms with E-state index in [1.165, 1.54) is 12.5 Å². The van der Waals surface area contributed by atoms with Crippen molar-refractivity contribution >= 4 is 32.8 Å². The van der Waals surface area contributed by atoms with E-state index in [9.17, 15) is 4.79 Å². The highest BCUT2D eigenvalue weighted by Crippen LogP contribution is 2.25. The van der Waals surface area contributed by atoms with Crippen molar-refractivity contribution in [2.75, 3.05) is 0 Å². The third kappa shape index (κ3) is 2.70. The first-order valence-corrected chi connectivity index (χ1v) is 6.50. The van der Waals surface area contributed by atoms with Crippen molar-refractivity contribution in [2.24, 2.45) is 0 Å². The van der Waals surface area contributed by atoms with Crippen molar-refractivity contribution in [3.63, 3.8) is 0 Å². The van der Waals surface area contributed by atoms with Gasteiger partial charge in [0.05, 0.1) is 11.2 Å². The minimum atomic E-state index is -0.328. The number of carbonyl (C=O) groups is 1. The van der Waals surface area contributed by atoms with Crippen molar-refractivity contribution in [2.45, 2.75) is 26.9 Å². The molecular formula is C14H14BrNO2. The van der Waals surface area contributed by atoms with Crippen LogP contribution in [0.25, 0.3) is 10.9 Å². The van der Waals surface area contributed by atoms with Crippen molar-refractivity contribution in [1.29, 1.82) is 0 Å². The van der Waals surface area contributed by atoms with E-state index in [1.54, 1.807) is 0 Å². The minimum absolute atomic E-state index is 0.296. The molecule has 1 heterocycles. The zero-order valence-electron chi connectivity index (χ0n) is 10.5. The number of aryl methyl sites for hydroxylation is 1. The molecule has 0 saturated heterocycles. The molecule has 4 heteroatoms. The van der Waals surface area contributed by atoms with Crippen molar-refractivity contribution in [3.05, 3.63) is 40.0 Å². The minimum Gasteiger partial charge on any atom is -0.456 e. The molecular weight excluding hydrogens is 294 g/mol. The first-order chi connectivity index (χ1) is 8.47. The van der Waals surface area contributed by atoms with E-state index in [1.807, 2.05) is 32.0 Å². The second-order valence-corrected chi connectivity index (χ2v) is 5.19. The number of pyridine rings is 1. The molecule has 0 aliphatic carbocycles. The zero-order chi connectivity index (χ0) is 13.3. The first kappa shape index (κ1) is 13.0. The number of esters is 1. The van der Waals surface area contributed by atoms with E-state index in [0.717, 1.165) is 21.1 Å². The average Bonchev–Trinajstić information content (AvgIpc) is 2.26. The van der Waals surface area contributed by atoms with Crippen LogP contribution in [-0.4, -0.2) is 11.0 Å². The van der Waals surface area contributed by atoms with Crippen LogP contribution in [0.4, 0.5) is 0 Å².